The summed E-state index contributed by atoms with van der Waals surface area (Å²) in [6.07, 6.45) is 11.8. The molecule has 1 aliphatic heterocycles. The van der Waals surface area contributed by atoms with Crippen molar-refractivity contribution >= 4 is 28.7 Å². The van der Waals surface area contributed by atoms with Crippen LogP contribution in [0.4, 0.5) is 0 Å². The molecule has 0 aromatic carbocycles. The molecule has 0 spiro atoms. The zero-order chi connectivity index (χ0) is 14.4. The van der Waals surface area contributed by atoms with E-state index in [0.717, 1.165) is 19.0 Å². The molecule has 116 valence electrons. The molecule has 0 aromatic heterocycles. The molecule has 0 amide bonds. The van der Waals surface area contributed by atoms with Crippen LogP contribution in [-0.2, 0) is 0 Å². The molecule has 2 aliphatic rings. The molecule has 1 atom stereocenters. The highest BCUT2D eigenvalue weighted by molar-refractivity contribution is 8.14. The topological polar surface area (TPSA) is 24.4 Å². The van der Waals surface area contributed by atoms with Gasteiger partial charge in [-0.25, -0.2) is 0 Å². The van der Waals surface area contributed by atoms with Crippen molar-refractivity contribution in [2.75, 3.05) is 19.3 Å². The smallest absolute Gasteiger partial charge is 0.156 e. The maximum atomic E-state index is 4.74. The molecule has 0 saturated heterocycles. The molecular formula is C16H30N2S2. The number of nitrogens with zero attached hydrogens (tertiary/aromatic N) is 1. The minimum absolute atomic E-state index is 0.467. The highest BCUT2D eigenvalue weighted by Gasteiger charge is 2.32. The molecule has 0 bridgehead atoms. The number of hydrogen-bond acceptors (Lipinski definition) is 4. The van der Waals surface area contributed by atoms with Crippen LogP contribution in [0.5, 0.6) is 0 Å². The summed E-state index contributed by atoms with van der Waals surface area (Å²) in [4.78, 5) is 4.74. The van der Waals surface area contributed by atoms with Gasteiger partial charge in [-0.1, -0.05) is 57.7 Å². The third-order valence-corrected chi connectivity index (χ3v) is 7.76. The van der Waals surface area contributed by atoms with Gasteiger partial charge < -0.3 is 5.32 Å². The lowest BCUT2D eigenvalue weighted by atomic mass is 9.88. The molecule has 0 aromatic rings. The Bertz CT molecular complexity index is 320. The molecule has 2 nitrogen and oxygen atoms in total. The molecule has 20 heavy (non-hydrogen) atoms. The normalized spacial score (nSPS) is 25.8. The lowest BCUT2D eigenvalue weighted by Gasteiger charge is -2.36. The minimum atomic E-state index is 0.467. The first-order chi connectivity index (χ1) is 9.73. The number of amidine groups is 1. The lowest BCUT2D eigenvalue weighted by molar-refractivity contribution is 0.395. The third kappa shape index (κ3) is 4.09. The molecule has 1 N–H and O–H groups in total. The summed E-state index contributed by atoms with van der Waals surface area (Å²) in [5.41, 5.74) is 0. The summed E-state index contributed by atoms with van der Waals surface area (Å²) in [6.45, 7) is 6.75. The fourth-order valence-electron chi connectivity index (χ4n) is 3.43. The van der Waals surface area contributed by atoms with Crippen molar-refractivity contribution in [1.29, 1.82) is 0 Å². The highest BCUT2D eigenvalue weighted by atomic mass is 32.2. The van der Waals surface area contributed by atoms with Crippen LogP contribution in [0.2, 0.25) is 0 Å². The first-order valence-electron chi connectivity index (χ1n) is 8.23. The van der Waals surface area contributed by atoms with Gasteiger partial charge in [-0.3, -0.25) is 4.99 Å². The van der Waals surface area contributed by atoms with Crippen molar-refractivity contribution in [2.45, 2.75) is 68.8 Å². The summed E-state index contributed by atoms with van der Waals surface area (Å²) in [7, 11) is 0. The molecule has 2 rings (SSSR count). The number of thioether (sulfide) groups is 2. The van der Waals surface area contributed by atoms with Crippen molar-refractivity contribution in [1.82, 2.24) is 5.32 Å². The van der Waals surface area contributed by atoms with Crippen LogP contribution >= 0.6 is 23.5 Å². The first kappa shape index (κ1) is 16.5. The van der Waals surface area contributed by atoms with E-state index >= 15 is 0 Å². The van der Waals surface area contributed by atoms with E-state index in [4.69, 9.17) is 4.99 Å². The van der Waals surface area contributed by atoms with Crippen molar-refractivity contribution in [3.8, 4) is 0 Å². The van der Waals surface area contributed by atoms with Crippen molar-refractivity contribution in [3.05, 3.63) is 0 Å². The minimum Gasteiger partial charge on any atom is -0.364 e. The predicted octanol–water partition coefficient (Wildman–Crippen LogP) is 4.55. The number of aliphatic imine (C=N–C) groups is 1. The van der Waals surface area contributed by atoms with Crippen molar-refractivity contribution in [3.63, 3.8) is 0 Å². The first-order valence-corrected chi connectivity index (χ1v) is 10.3. The SMILES string of the molecule is CCC(CC)C1CN=C(NCC2(SC)CCCCC2)S1. The van der Waals surface area contributed by atoms with Crippen LogP contribution in [-0.4, -0.2) is 34.5 Å². The second-order valence-electron chi connectivity index (χ2n) is 6.18. The second kappa shape index (κ2) is 7.98. The Morgan fingerprint density at radius 3 is 2.60 bits per heavy atom. The fraction of sp³-hybridized carbons (Fsp3) is 0.938. The number of nitrogens with one attached hydrogen (secondary N) is 1. The second-order valence-corrected chi connectivity index (χ2v) is 8.68. The Labute approximate surface area is 133 Å². The van der Waals surface area contributed by atoms with E-state index in [1.165, 1.54) is 50.1 Å². The zero-order valence-corrected chi connectivity index (χ0v) is 14.9. The van der Waals surface area contributed by atoms with E-state index in [-0.39, 0.29) is 0 Å². The fourth-order valence-corrected chi connectivity index (χ4v) is 5.67. The van der Waals surface area contributed by atoms with E-state index in [2.05, 4.69) is 37.2 Å². The van der Waals surface area contributed by atoms with E-state index in [9.17, 15) is 0 Å². The Kier molecular flexibility index (Phi) is 6.60. The van der Waals surface area contributed by atoms with Crippen LogP contribution in [0.15, 0.2) is 4.99 Å². The van der Waals surface area contributed by atoms with Gasteiger partial charge in [-0.2, -0.15) is 11.8 Å². The standard InChI is InChI=1S/C16H30N2S2/c1-4-13(5-2)14-11-17-15(20-14)18-12-16(19-3)9-7-6-8-10-16/h13-14H,4-12H2,1-3H3,(H,17,18). The van der Waals surface area contributed by atoms with Crippen molar-refractivity contribution < 1.29 is 0 Å². The molecule has 0 radical (unpaired) electrons. The molecular weight excluding hydrogens is 284 g/mol. The monoisotopic (exact) mass is 314 g/mol. The summed E-state index contributed by atoms with van der Waals surface area (Å²) in [5.74, 6) is 0.826. The summed E-state index contributed by atoms with van der Waals surface area (Å²) in [6, 6.07) is 0. The summed E-state index contributed by atoms with van der Waals surface area (Å²) >= 11 is 4.06. The predicted molar refractivity (Wildman–Crippen MR) is 95.1 cm³/mol. The Hall–Kier alpha value is 0.170. The summed E-state index contributed by atoms with van der Waals surface area (Å²) < 4.78 is 0.467. The van der Waals surface area contributed by atoms with Gasteiger partial charge in [0, 0.05) is 16.5 Å². The average molecular weight is 315 g/mol. The van der Waals surface area contributed by atoms with E-state index < -0.39 is 0 Å². The van der Waals surface area contributed by atoms with Gasteiger partial charge >= 0.3 is 0 Å². The Morgan fingerprint density at radius 1 is 1.30 bits per heavy atom. The molecule has 1 saturated carbocycles. The third-order valence-electron chi connectivity index (χ3n) is 5.01. The van der Waals surface area contributed by atoms with Crippen LogP contribution in [0.25, 0.3) is 0 Å². The molecule has 1 fully saturated rings. The van der Waals surface area contributed by atoms with E-state index in [0.29, 0.717) is 10.00 Å². The molecule has 4 heteroatoms. The van der Waals surface area contributed by atoms with Gasteiger partial charge in [-0.15, -0.1) is 0 Å². The quantitative estimate of drug-likeness (QED) is 0.778. The maximum Gasteiger partial charge on any atom is 0.156 e. The summed E-state index contributed by atoms with van der Waals surface area (Å²) in [5, 5.41) is 5.59. The van der Waals surface area contributed by atoms with Gasteiger partial charge in [0.1, 0.15) is 0 Å². The van der Waals surface area contributed by atoms with Crippen LogP contribution in [0.1, 0.15) is 58.8 Å². The van der Waals surface area contributed by atoms with Crippen LogP contribution in [0.3, 0.4) is 0 Å². The Balaban J connectivity index is 1.80. The number of hydrogen-bond donors (Lipinski definition) is 1. The number of rotatable bonds is 6. The van der Waals surface area contributed by atoms with Crippen LogP contribution < -0.4 is 5.32 Å². The maximum absolute atomic E-state index is 4.74. The van der Waals surface area contributed by atoms with E-state index in [1.54, 1.807) is 0 Å². The van der Waals surface area contributed by atoms with Gasteiger partial charge in [0.2, 0.25) is 0 Å². The van der Waals surface area contributed by atoms with Gasteiger partial charge in [0.05, 0.1) is 6.54 Å². The molecule has 1 unspecified atom stereocenters. The van der Waals surface area contributed by atoms with Gasteiger partial charge in [0.15, 0.2) is 5.17 Å². The zero-order valence-electron chi connectivity index (χ0n) is 13.3. The highest BCUT2D eigenvalue weighted by Crippen LogP contribution is 2.38. The average Bonchev–Trinajstić information content (AvgIpc) is 2.96. The Morgan fingerprint density at radius 2 is 2.00 bits per heavy atom. The molecule has 1 aliphatic carbocycles. The van der Waals surface area contributed by atoms with Crippen molar-refractivity contribution in [2.24, 2.45) is 10.9 Å². The van der Waals surface area contributed by atoms with E-state index in [1.807, 2.05) is 11.8 Å². The van der Waals surface area contributed by atoms with Gasteiger partial charge in [-0.05, 0) is 25.0 Å². The molecule has 1 heterocycles. The largest absolute Gasteiger partial charge is 0.364 e. The lowest BCUT2D eigenvalue weighted by Crippen LogP contribution is -2.40. The van der Waals surface area contributed by atoms with Gasteiger partial charge in [0.25, 0.3) is 0 Å². The van der Waals surface area contributed by atoms with Crippen LogP contribution in [0, 0.1) is 5.92 Å².